The first-order chi connectivity index (χ1) is 15.6. The number of piperidine rings is 1. The molecule has 4 heterocycles. The Morgan fingerprint density at radius 3 is 2.59 bits per heavy atom. The normalized spacial score (nSPS) is 25.8. The number of aromatic nitrogens is 4. The van der Waals surface area contributed by atoms with Crippen LogP contribution in [0.2, 0.25) is 5.02 Å². The summed E-state index contributed by atoms with van der Waals surface area (Å²) >= 11 is 6.76. The molecule has 2 aliphatic heterocycles. The van der Waals surface area contributed by atoms with Crippen molar-refractivity contribution in [3.8, 4) is 5.69 Å². The van der Waals surface area contributed by atoms with E-state index in [2.05, 4.69) is 32.3 Å². The van der Waals surface area contributed by atoms with Crippen LogP contribution < -0.4 is 4.90 Å². The Hall–Kier alpha value is -2.74. The van der Waals surface area contributed by atoms with Gasteiger partial charge in [-0.25, -0.2) is 9.48 Å². The lowest BCUT2D eigenvalue weighted by Gasteiger charge is -2.39. The summed E-state index contributed by atoms with van der Waals surface area (Å²) in [6.07, 6.45) is 11.5. The number of likely N-dealkylation sites (N-methyl/N-ethyl adjacent to an activating group) is 1. The Labute approximate surface area is 191 Å². The van der Waals surface area contributed by atoms with Gasteiger partial charge in [-0.1, -0.05) is 11.6 Å². The van der Waals surface area contributed by atoms with Crippen LogP contribution in [-0.4, -0.2) is 73.7 Å². The van der Waals surface area contributed by atoms with E-state index in [1.807, 2.05) is 39.8 Å². The van der Waals surface area contributed by atoms with Crippen LogP contribution >= 0.6 is 11.6 Å². The van der Waals surface area contributed by atoms with E-state index in [0.717, 1.165) is 59.7 Å². The van der Waals surface area contributed by atoms with Gasteiger partial charge in [-0.3, -0.25) is 4.68 Å². The zero-order valence-corrected chi connectivity index (χ0v) is 18.8. The molecule has 2 unspecified atom stereocenters. The first-order valence-corrected chi connectivity index (χ1v) is 12.0. The summed E-state index contributed by atoms with van der Waals surface area (Å²) in [4.78, 5) is 19.3. The van der Waals surface area contributed by atoms with Gasteiger partial charge in [-0.2, -0.15) is 10.2 Å². The van der Waals surface area contributed by atoms with Crippen LogP contribution in [-0.2, 0) is 0 Å². The molecule has 4 aliphatic rings. The van der Waals surface area contributed by atoms with E-state index in [0.29, 0.717) is 18.1 Å². The van der Waals surface area contributed by atoms with E-state index in [-0.39, 0.29) is 12.1 Å². The van der Waals surface area contributed by atoms with E-state index >= 15 is 0 Å². The van der Waals surface area contributed by atoms with E-state index in [1.54, 1.807) is 0 Å². The highest BCUT2D eigenvalue weighted by Gasteiger charge is 2.51. The van der Waals surface area contributed by atoms with Gasteiger partial charge in [-0.15, -0.1) is 0 Å². The summed E-state index contributed by atoms with van der Waals surface area (Å²) in [5.41, 5.74) is 3.01. The maximum atomic E-state index is 12.8. The van der Waals surface area contributed by atoms with Crippen LogP contribution in [0.3, 0.4) is 0 Å². The van der Waals surface area contributed by atoms with Crippen LogP contribution in [0.15, 0.2) is 30.7 Å². The standard InChI is InChI=1S/C23H26ClN7O/c1-27-22-13-28(7-6-19(22)30(23(27)32)16-4-5-16)21-9-20-14(8-18(21)24)10-26-31(20)17-11-25-29(12-17)15-2-3-15/h8-12,15-16,19,22H,2-7,13H2,1H3. The van der Waals surface area contributed by atoms with Crippen molar-refractivity contribution < 1.29 is 4.79 Å². The molecule has 166 valence electrons. The van der Waals surface area contributed by atoms with Gasteiger partial charge in [0.1, 0.15) is 5.69 Å². The molecule has 9 heteroatoms. The molecule has 32 heavy (non-hydrogen) atoms. The number of amides is 2. The van der Waals surface area contributed by atoms with Crippen molar-refractivity contribution >= 4 is 34.2 Å². The molecule has 0 bridgehead atoms. The van der Waals surface area contributed by atoms with Crippen LogP contribution in [0.4, 0.5) is 10.5 Å². The number of fused-ring (bicyclic) bond motifs is 2. The minimum atomic E-state index is 0.191. The van der Waals surface area contributed by atoms with Gasteiger partial charge in [0.15, 0.2) is 0 Å². The Morgan fingerprint density at radius 2 is 1.81 bits per heavy atom. The molecule has 2 aliphatic carbocycles. The fraction of sp³-hybridized carbons (Fsp3) is 0.522. The number of anilines is 1. The van der Waals surface area contributed by atoms with Crippen molar-refractivity contribution in [2.24, 2.45) is 0 Å². The third kappa shape index (κ3) is 2.78. The third-order valence-electron chi connectivity index (χ3n) is 7.59. The summed E-state index contributed by atoms with van der Waals surface area (Å²) < 4.78 is 4.00. The Bertz CT molecular complexity index is 1230. The summed E-state index contributed by atoms with van der Waals surface area (Å²) in [6.45, 7) is 1.69. The van der Waals surface area contributed by atoms with Crippen molar-refractivity contribution in [2.75, 3.05) is 25.0 Å². The maximum absolute atomic E-state index is 12.8. The molecule has 3 aromatic rings. The number of benzene rings is 1. The summed E-state index contributed by atoms with van der Waals surface area (Å²) in [6, 6.07) is 5.86. The molecule has 8 nitrogen and oxygen atoms in total. The number of carbonyl (C=O) groups is 1. The molecule has 7 rings (SSSR count). The van der Waals surface area contributed by atoms with Crippen molar-refractivity contribution in [3.05, 3.63) is 35.7 Å². The number of nitrogens with zero attached hydrogens (tertiary/aromatic N) is 7. The molecule has 0 radical (unpaired) electrons. The molecule has 2 saturated carbocycles. The smallest absolute Gasteiger partial charge is 0.320 e. The average molecular weight is 452 g/mol. The highest BCUT2D eigenvalue weighted by Crippen LogP contribution is 2.41. The van der Waals surface area contributed by atoms with Crippen LogP contribution in [0, 0.1) is 0 Å². The molecule has 0 N–H and O–H groups in total. The number of rotatable bonds is 4. The Kier molecular flexibility index (Phi) is 3.90. The van der Waals surface area contributed by atoms with E-state index in [1.165, 1.54) is 12.8 Å². The molecule has 0 spiro atoms. The van der Waals surface area contributed by atoms with E-state index < -0.39 is 0 Å². The number of halogens is 1. The largest absolute Gasteiger partial charge is 0.368 e. The minimum Gasteiger partial charge on any atom is -0.368 e. The maximum Gasteiger partial charge on any atom is 0.320 e. The van der Waals surface area contributed by atoms with Gasteiger partial charge in [0.05, 0.1) is 52.9 Å². The highest BCUT2D eigenvalue weighted by atomic mass is 35.5. The summed E-state index contributed by atoms with van der Waals surface area (Å²) in [5.74, 6) is 0. The van der Waals surface area contributed by atoms with Crippen molar-refractivity contribution in [1.29, 1.82) is 0 Å². The van der Waals surface area contributed by atoms with Gasteiger partial charge < -0.3 is 14.7 Å². The number of hydrogen-bond acceptors (Lipinski definition) is 4. The van der Waals surface area contributed by atoms with Crippen LogP contribution in [0.5, 0.6) is 0 Å². The summed E-state index contributed by atoms with van der Waals surface area (Å²) in [7, 11) is 1.95. The Morgan fingerprint density at radius 1 is 1.00 bits per heavy atom. The average Bonchev–Trinajstić information content (AvgIpc) is 3.71. The molecule has 2 saturated heterocycles. The van der Waals surface area contributed by atoms with Gasteiger partial charge in [0.2, 0.25) is 0 Å². The minimum absolute atomic E-state index is 0.191. The van der Waals surface area contributed by atoms with Gasteiger partial charge in [0, 0.05) is 31.6 Å². The first kappa shape index (κ1) is 18.8. The number of urea groups is 1. The lowest BCUT2D eigenvalue weighted by Crippen LogP contribution is -2.52. The zero-order valence-electron chi connectivity index (χ0n) is 18.1. The number of carbonyl (C=O) groups excluding carboxylic acids is 1. The number of hydrogen-bond donors (Lipinski definition) is 0. The molecule has 2 amide bonds. The van der Waals surface area contributed by atoms with Gasteiger partial charge in [-0.05, 0) is 44.2 Å². The topological polar surface area (TPSA) is 62.4 Å². The van der Waals surface area contributed by atoms with Crippen LogP contribution in [0.1, 0.15) is 38.1 Å². The summed E-state index contributed by atoms with van der Waals surface area (Å²) in [5, 5.41) is 10.9. The van der Waals surface area contributed by atoms with Crippen molar-refractivity contribution in [3.63, 3.8) is 0 Å². The molecule has 2 aromatic heterocycles. The first-order valence-electron chi connectivity index (χ1n) is 11.6. The second kappa shape index (κ2) is 6.63. The molecule has 1 aromatic carbocycles. The lowest BCUT2D eigenvalue weighted by atomic mass is 9.98. The Balaban J connectivity index is 1.22. The molecular weight excluding hydrogens is 426 g/mol. The van der Waals surface area contributed by atoms with Gasteiger partial charge in [0.25, 0.3) is 0 Å². The van der Waals surface area contributed by atoms with E-state index in [4.69, 9.17) is 11.6 Å². The fourth-order valence-electron chi connectivity index (χ4n) is 5.55. The van der Waals surface area contributed by atoms with E-state index in [9.17, 15) is 4.79 Å². The molecule has 2 atom stereocenters. The van der Waals surface area contributed by atoms with Crippen molar-refractivity contribution in [1.82, 2.24) is 29.4 Å². The predicted octanol–water partition coefficient (Wildman–Crippen LogP) is 3.69. The predicted molar refractivity (Wildman–Crippen MR) is 123 cm³/mol. The second-order valence-electron chi connectivity index (χ2n) is 9.73. The highest BCUT2D eigenvalue weighted by molar-refractivity contribution is 6.34. The SMILES string of the molecule is CN1C(=O)N(C2CC2)C2CCN(c3cc4c(cnn4-c4cnn(C5CC5)c4)cc3Cl)CC21. The molecule has 4 fully saturated rings. The van der Waals surface area contributed by atoms with Gasteiger partial charge >= 0.3 is 6.03 Å². The van der Waals surface area contributed by atoms with Crippen molar-refractivity contribution in [2.45, 2.75) is 56.3 Å². The molecular formula is C23H26ClN7O. The third-order valence-corrected chi connectivity index (χ3v) is 7.90. The van der Waals surface area contributed by atoms with Crippen LogP contribution in [0.25, 0.3) is 16.6 Å². The zero-order chi connectivity index (χ0) is 21.6. The quantitative estimate of drug-likeness (QED) is 0.607. The monoisotopic (exact) mass is 451 g/mol. The fourth-order valence-corrected chi connectivity index (χ4v) is 5.84. The lowest BCUT2D eigenvalue weighted by molar-refractivity contribution is 0.187. The second-order valence-corrected chi connectivity index (χ2v) is 10.1.